The van der Waals surface area contributed by atoms with Gasteiger partial charge in [-0.25, -0.2) is 0 Å². The molecule has 0 heterocycles. The maximum absolute atomic E-state index is 9.86. The minimum atomic E-state index is -0.301. The Hall–Kier alpha value is -0.300. The molecule has 1 N–H and O–H groups in total. The Kier molecular flexibility index (Phi) is 16.8. The van der Waals surface area contributed by atoms with E-state index in [0.29, 0.717) is 5.92 Å². The van der Waals surface area contributed by atoms with Gasteiger partial charge in [-0.2, -0.15) is 0 Å². The van der Waals surface area contributed by atoms with Crippen LogP contribution in [0.25, 0.3) is 0 Å². The zero-order valence-electron chi connectivity index (χ0n) is 15.5. The largest absolute Gasteiger partial charge is 0.389 e. The first-order chi connectivity index (χ1) is 10.7. The average molecular weight is 311 g/mol. The van der Waals surface area contributed by atoms with Crippen LogP contribution in [0.4, 0.5) is 0 Å². The highest BCUT2D eigenvalue weighted by Crippen LogP contribution is 2.23. The topological polar surface area (TPSA) is 20.2 Å². The summed E-state index contributed by atoms with van der Waals surface area (Å²) in [5.41, 5.74) is 0. The first-order valence-electron chi connectivity index (χ1n) is 10.0. The van der Waals surface area contributed by atoms with Crippen molar-refractivity contribution in [2.45, 2.75) is 116 Å². The van der Waals surface area contributed by atoms with Gasteiger partial charge in [0.05, 0.1) is 6.10 Å². The summed E-state index contributed by atoms with van der Waals surface area (Å²) in [6.07, 6.45) is 21.3. The highest BCUT2D eigenvalue weighted by Gasteiger charge is 2.12. The van der Waals surface area contributed by atoms with Crippen molar-refractivity contribution in [2.24, 2.45) is 5.92 Å². The van der Waals surface area contributed by atoms with Crippen molar-refractivity contribution in [1.82, 2.24) is 0 Å². The lowest BCUT2D eigenvalue weighted by Gasteiger charge is -2.19. The van der Waals surface area contributed by atoms with Gasteiger partial charge in [0.15, 0.2) is 0 Å². The third-order valence-corrected chi connectivity index (χ3v) is 4.78. The summed E-state index contributed by atoms with van der Waals surface area (Å²) in [4.78, 5) is 0. The molecule has 0 aromatic rings. The van der Waals surface area contributed by atoms with Gasteiger partial charge in [-0.1, -0.05) is 110 Å². The van der Waals surface area contributed by atoms with Gasteiger partial charge in [0.25, 0.3) is 0 Å². The molecule has 1 unspecified atom stereocenters. The average Bonchev–Trinajstić information content (AvgIpc) is 2.53. The highest BCUT2D eigenvalue weighted by molar-refractivity contribution is 4.80. The molecule has 1 atom stereocenters. The van der Waals surface area contributed by atoms with E-state index in [1.807, 2.05) is 0 Å². The minimum Gasteiger partial charge on any atom is -0.389 e. The summed E-state index contributed by atoms with van der Waals surface area (Å²) >= 11 is 0. The summed E-state index contributed by atoms with van der Waals surface area (Å²) in [5.74, 6) is 0.699. The van der Waals surface area contributed by atoms with Gasteiger partial charge in [0, 0.05) is 0 Å². The third kappa shape index (κ3) is 14.6. The second-order valence-electron chi connectivity index (χ2n) is 7.02. The quantitative estimate of drug-likeness (QED) is 0.225. The molecule has 0 rings (SSSR count). The lowest BCUT2D eigenvalue weighted by Crippen LogP contribution is -2.11. The van der Waals surface area contributed by atoms with Crippen molar-refractivity contribution >= 4 is 0 Å². The fraction of sp³-hybridized carbons (Fsp3) is 0.905. The molecule has 0 aromatic heterocycles. The molecule has 0 radical (unpaired) electrons. The van der Waals surface area contributed by atoms with Gasteiger partial charge in [-0.05, 0) is 12.3 Å². The molecule has 0 aromatic carbocycles. The van der Waals surface area contributed by atoms with E-state index in [-0.39, 0.29) is 6.10 Å². The predicted octanol–water partition coefficient (Wildman–Crippen LogP) is 7.04. The number of aliphatic hydroxyl groups excluding tert-OH is 1. The Labute approximate surface area is 140 Å². The Bertz CT molecular complexity index is 208. The van der Waals surface area contributed by atoms with Gasteiger partial charge < -0.3 is 5.11 Å². The molecule has 1 nitrogen and oxygen atoms in total. The Morgan fingerprint density at radius 3 is 1.55 bits per heavy atom. The van der Waals surface area contributed by atoms with Gasteiger partial charge in [0.1, 0.15) is 0 Å². The zero-order valence-corrected chi connectivity index (χ0v) is 15.5. The molecular weight excluding hydrogens is 268 g/mol. The molecule has 0 amide bonds. The number of hydrogen-bond acceptors (Lipinski definition) is 1. The number of unbranched alkanes of at least 4 members (excludes halogenated alkanes) is 10. The van der Waals surface area contributed by atoms with Crippen LogP contribution in [0, 0.1) is 5.92 Å². The van der Waals surface area contributed by atoms with Crippen molar-refractivity contribution in [3.63, 3.8) is 0 Å². The smallest absolute Gasteiger partial charge is 0.0720 e. The lowest BCUT2D eigenvalue weighted by atomic mass is 9.89. The summed E-state index contributed by atoms with van der Waals surface area (Å²) in [7, 11) is 0. The van der Waals surface area contributed by atoms with Crippen LogP contribution in [-0.4, -0.2) is 11.2 Å². The van der Waals surface area contributed by atoms with Crippen LogP contribution in [0.3, 0.4) is 0 Å². The molecule has 0 fully saturated rings. The van der Waals surface area contributed by atoms with Crippen LogP contribution in [-0.2, 0) is 0 Å². The molecule has 0 aliphatic carbocycles. The lowest BCUT2D eigenvalue weighted by molar-refractivity contribution is 0.177. The molecule has 0 spiro atoms. The van der Waals surface area contributed by atoms with Crippen LogP contribution in [0.5, 0.6) is 0 Å². The van der Waals surface area contributed by atoms with E-state index in [0.717, 1.165) is 6.42 Å². The maximum atomic E-state index is 9.86. The van der Waals surface area contributed by atoms with Crippen molar-refractivity contribution in [1.29, 1.82) is 0 Å². The van der Waals surface area contributed by atoms with Crippen LogP contribution < -0.4 is 0 Å². The minimum absolute atomic E-state index is 0.301. The third-order valence-electron chi connectivity index (χ3n) is 4.78. The molecule has 0 aliphatic heterocycles. The Morgan fingerprint density at radius 2 is 1.14 bits per heavy atom. The van der Waals surface area contributed by atoms with E-state index in [4.69, 9.17) is 0 Å². The van der Waals surface area contributed by atoms with Gasteiger partial charge >= 0.3 is 0 Å². The maximum Gasteiger partial charge on any atom is 0.0720 e. The fourth-order valence-corrected chi connectivity index (χ4v) is 3.24. The van der Waals surface area contributed by atoms with Crippen LogP contribution in [0.1, 0.15) is 110 Å². The van der Waals surface area contributed by atoms with E-state index in [9.17, 15) is 5.11 Å². The second-order valence-corrected chi connectivity index (χ2v) is 7.02. The standard InChI is InChI=1S/C21H42O/c1-4-7-9-11-13-15-17-20(19-21(22)6-3)18-16-14-12-10-8-5-2/h6,20-22H,3-5,7-19H2,1-2H3. The van der Waals surface area contributed by atoms with E-state index in [1.165, 1.54) is 89.9 Å². The van der Waals surface area contributed by atoms with E-state index in [1.54, 1.807) is 6.08 Å². The Morgan fingerprint density at radius 1 is 0.727 bits per heavy atom. The van der Waals surface area contributed by atoms with Crippen molar-refractivity contribution in [3.05, 3.63) is 12.7 Å². The van der Waals surface area contributed by atoms with Crippen molar-refractivity contribution < 1.29 is 5.11 Å². The summed E-state index contributed by atoms with van der Waals surface area (Å²) in [6, 6.07) is 0. The van der Waals surface area contributed by atoms with E-state index < -0.39 is 0 Å². The fourth-order valence-electron chi connectivity index (χ4n) is 3.24. The SMILES string of the molecule is C=CC(O)CC(CCCCCCCC)CCCCCCCC. The number of rotatable bonds is 17. The summed E-state index contributed by atoms with van der Waals surface area (Å²) in [5, 5.41) is 9.86. The van der Waals surface area contributed by atoms with E-state index in [2.05, 4.69) is 20.4 Å². The monoisotopic (exact) mass is 310 g/mol. The predicted molar refractivity (Wildman–Crippen MR) is 100 cm³/mol. The van der Waals surface area contributed by atoms with Gasteiger partial charge in [0.2, 0.25) is 0 Å². The molecule has 0 saturated carbocycles. The molecular formula is C21H42O. The zero-order chi connectivity index (χ0) is 16.5. The highest BCUT2D eigenvalue weighted by atomic mass is 16.3. The normalized spacial score (nSPS) is 12.7. The van der Waals surface area contributed by atoms with Crippen LogP contribution in [0.2, 0.25) is 0 Å². The molecule has 0 aliphatic rings. The van der Waals surface area contributed by atoms with Crippen molar-refractivity contribution in [3.8, 4) is 0 Å². The van der Waals surface area contributed by atoms with Crippen LogP contribution in [0.15, 0.2) is 12.7 Å². The summed E-state index contributed by atoms with van der Waals surface area (Å²) in [6.45, 7) is 8.27. The summed E-state index contributed by atoms with van der Waals surface area (Å²) < 4.78 is 0. The Balaban J connectivity index is 3.77. The molecule has 132 valence electrons. The molecule has 22 heavy (non-hydrogen) atoms. The molecule has 0 saturated heterocycles. The van der Waals surface area contributed by atoms with Gasteiger partial charge in [-0.15, -0.1) is 6.58 Å². The molecule has 1 heteroatoms. The first kappa shape index (κ1) is 21.7. The number of hydrogen-bond donors (Lipinski definition) is 1. The first-order valence-corrected chi connectivity index (χ1v) is 10.0. The van der Waals surface area contributed by atoms with Crippen LogP contribution >= 0.6 is 0 Å². The van der Waals surface area contributed by atoms with Gasteiger partial charge in [-0.3, -0.25) is 0 Å². The number of aliphatic hydroxyl groups is 1. The molecule has 0 bridgehead atoms. The van der Waals surface area contributed by atoms with Crippen molar-refractivity contribution in [2.75, 3.05) is 0 Å². The van der Waals surface area contributed by atoms with E-state index >= 15 is 0 Å². The second kappa shape index (κ2) is 17.1.